The highest BCUT2D eigenvalue weighted by atomic mass is 19.1. The summed E-state index contributed by atoms with van der Waals surface area (Å²) in [5, 5.41) is 0. The SMILES string of the molecule is N[C@H]1C[C@@H](N2CC3=C(CN=C3)C2)COC1c1cc(F)ccc1F. The Morgan fingerprint density at radius 1 is 1.26 bits per heavy atom. The molecule has 4 nitrogen and oxygen atoms in total. The van der Waals surface area contributed by atoms with Crippen molar-refractivity contribution in [3.8, 4) is 0 Å². The van der Waals surface area contributed by atoms with E-state index < -0.39 is 17.7 Å². The molecule has 3 aliphatic heterocycles. The molecule has 0 spiro atoms. The number of halogens is 2. The highest BCUT2D eigenvalue weighted by molar-refractivity contribution is 5.84. The normalized spacial score (nSPS) is 31.0. The van der Waals surface area contributed by atoms with Crippen LogP contribution < -0.4 is 5.73 Å². The first-order chi connectivity index (χ1) is 11.1. The number of hydrogen-bond donors (Lipinski definition) is 1. The molecule has 0 radical (unpaired) electrons. The number of nitrogens with zero attached hydrogens (tertiary/aromatic N) is 2. The van der Waals surface area contributed by atoms with Crippen LogP contribution in [0.2, 0.25) is 0 Å². The molecule has 3 aliphatic rings. The average Bonchev–Trinajstić information content (AvgIpc) is 3.11. The highest BCUT2D eigenvalue weighted by Crippen LogP contribution is 2.33. The molecule has 122 valence electrons. The van der Waals surface area contributed by atoms with Gasteiger partial charge in [-0.3, -0.25) is 9.89 Å². The van der Waals surface area contributed by atoms with Gasteiger partial charge in [0.2, 0.25) is 0 Å². The van der Waals surface area contributed by atoms with Crippen LogP contribution in [0.1, 0.15) is 18.1 Å². The molecule has 6 heteroatoms. The minimum absolute atomic E-state index is 0.205. The van der Waals surface area contributed by atoms with E-state index in [1.54, 1.807) is 0 Å². The second kappa shape index (κ2) is 5.78. The number of nitrogens with two attached hydrogens (primary N) is 1. The summed E-state index contributed by atoms with van der Waals surface area (Å²) in [5.74, 6) is -0.942. The van der Waals surface area contributed by atoms with Crippen LogP contribution in [0.25, 0.3) is 0 Å². The summed E-state index contributed by atoms with van der Waals surface area (Å²) >= 11 is 0. The first kappa shape index (κ1) is 14.9. The maximum absolute atomic E-state index is 13.9. The van der Waals surface area contributed by atoms with Gasteiger partial charge < -0.3 is 10.5 Å². The number of rotatable bonds is 2. The largest absolute Gasteiger partial charge is 0.370 e. The number of ether oxygens (including phenoxy) is 1. The first-order valence-electron chi connectivity index (χ1n) is 7.88. The molecule has 23 heavy (non-hydrogen) atoms. The summed E-state index contributed by atoms with van der Waals surface area (Å²) in [6, 6.07) is 3.27. The van der Waals surface area contributed by atoms with Gasteiger partial charge in [0, 0.05) is 37.0 Å². The van der Waals surface area contributed by atoms with Gasteiger partial charge in [-0.2, -0.15) is 0 Å². The fourth-order valence-corrected chi connectivity index (χ4v) is 3.69. The van der Waals surface area contributed by atoms with Crippen molar-refractivity contribution in [3.63, 3.8) is 0 Å². The maximum Gasteiger partial charge on any atom is 0.129 e. The second-order valence-electron chi connectivity index (χ2n) is 6.48. The highest BCUT2D eigenvalue weighted by Gasteiger charge is 2.37. The molecule has 0 aromatic heterocycles. The molecule has 1 aromatic carbocycles. The fraction of sp³-hybridized carbons (Fsp3) is 0.471. The van der Waals surface area contributed by atoms with Crippen LogP contribution in [0.5, 0.6) is 0 Å². The van der Waals surface area contributed by atoms with Gasteiger partial charge in [0.25, 0.3) is 0 Å². The van der Waals surface area contributed by atoms with E-state index >= 15 is 0 Å². The topological polar surface area (TPSA) is 50.8 Å². The summed E-state index contributed by atoms with van der Waals surface area (Å²) < 4.78 is 33.2. The number of benzene rings is 1. The summed E-state index contributed by atoms with van der Waals surface area (Å²) in [6.07, 6.45) is 2.06. The number of aliphatic imine (C=N–C) groups is 1. The Balaban J connectivity index is 1.44. The van der Waals surface area contributed by atoms with Crippen molar-refractivity contribution in [3.05, 3.63) is 46.5 Å². The Labute approximate surface area is 133 Å². The predicted molar refractivity (Wildman–Crippen MR) is 83.4 cm³/mol. The van der Waals surface area contributed by atoms with Crippen molar-refractivity contribution in [2.75, 3.05) is 26.2 Å². The van der Waals surface area contributed by atoms with Crippen molar-refractivity contribution in [1.29, 1.82) is 0 Å². The van der Waals surface area contributed by atoms with Gasteiger partial charge >= 0.3 is 0 Å². The average molecular weight is 319 g/mol. The monoisotopic (exact) mass is 319 g/mol. The van der Waals surface area contributed by atoms with Gasteiger partial charge in [-0.15, -0.1) is 0 Å². The van der Waals surface area contributed by atoms with Crippen molar-refractivity contribution in [1.82, 2.24) is 4.90 Å². The lowest BCUT2D eigenvalue weighted by Gasteiger charge is -2.39. The van der Waals surface area contributed by atoms with Crippen LogP contribution >= 0.6 is 0 Å². The molecule has 0 amide bonds. The van der Waals surface area contributed by atoms with Gasteiger partial charge in [0.15, 0.2) is 0 Å². The zero-order chi connectivity index (χ0) is 16.0. The molecule has 1 fully saturated rings. The van der Waals surface area contributed by atoms with Gasteiger partial charge in [-0.25, -0.2) is 8.78 Å². The summed E-state index contributed by atoms with van der Waals surface area (Å²) in [5.41, 5.74) is 9.11. The standard InChI is InChI=1S/C17H19F2N3O/c18-12-1-2-15(19)14(3-12)17-16(20)4-13(9-23-17)22-7-10-5-21-6-11(10)8-22/h1-3,5,13,16-17H,4,6-9,20H2/t13-,16+,17?/m1/s1. The minimum atomic E-state index is -0.592. The molecule has 2 N–H and O–H groups in total. The first-order valence-corrected chi connectivity index (χ1v) is 7.88. The van der Waals surface area contributed by atoms with Crippen LogP contribution in [0, 0.1) is 11.6 Å². The molecular formula is C17H19F2N3O. The molecule has 1 aromatic rings. The van der Waals surface area contributed by atoms with Crippen LogP contribution in [0.15, 0.2) is 34.3 Å². The molecule has 3 heterocycles. The van der Waals surface area contributed by atoms with Crippen molar-refractivity contribution in [2.45, 2.75) is 24.6 Å². The Kier molecular flexibility index (Phi) is 3.75. The summed E-state index contributed by atoms with van der Waals surface area (Å²) in [4.78, 5) is 6.61. The molecule has 0 saturated carbocycles. The van der Waals surface area contributed by atoms with Gasteiger partial charge in [0.05, 0.1) is 13.2 Å². The molecule has 1 unspecified atom stereocenters. The summed E-state index contributed by atoms with van der Waals surface area (Å²) in [7, 11) is 0. The van der Waals surface area contributed by atoms with Crippen molar-refractivity contribution >= 4 is 6.21 Å². The molecule has 1 saturated heterocycles. The van der Waals surface area contributed by atoms with Crippen LogP contribution in [-0.2, 0) is 4.74 Å². The molecule has 0 bridgehead atoms. The van der Waals surface area contributed by atoms with E-state index in [1.807, 2.05) is 6.21 Å². The lowest BCUT2D eigenvalue weighted by Crippen LogP contribution is -2.49. The van der Waals surface area contributed by atoms with E-state index in [-0.39, 0.29) is 17.6 Å². The Bertz CT molecular complexity index is 688. The van der Waals surface area contributed by atoms with E-state index in [9.17, 15) is 8.78 Å². The molecule has 0 aliphatic carbocycles. The fourth-order valence-electron chi connectivity index (χ4n) is 3.69. The van der Waals surface area contributed by atoms with Gasteiger partial charge in [0.1, 0.15) is 17.7 Å². The van der Waals surface area contributed by atoms with Crippen molar-refractivity contribution < 1.29 is 13.5 Å². The van der Waals surface area contributed by atoms with Crippen LogP contribution in [0.3, 0.4) is 0 Å². The van der Waals surface area contributed by atoms with E-state index in [0.717, 1.165) is 31.8 Å². The Morgan fingerprint density at radius 3 is 2.91 bits per heavy atom. The Hall–Kier alpha value is -1.63. The third-order valence-corrected chi connectivity index (χ3v) is 4.93. The Morgan fingerprint density at radius 2 is 2.13 bits per heavy atom. The number of hydrogen-bond acceptors (Lipinski definition) is 4. The second-order valence-corrected chi connectivity index (χ2v) is 6.48. The molecule has 4 rings (SSSR count). The lowest BCUT2D eigenvalue weighted by molar-refractivity contribution is -0.0463. The van der Waals surface area contributed by atoms with Gasteiger partial charge in [-0.1, -0.05) is 0 Å². The van der Waals surface area contributed by atoms with Gasteiger partial charge in [-0.05, 0) is 35.8 Å². The predicted octanol–water partition coefficient (Wildman–Crippen LogP) is 1.82. The third-order valence-electron chi connectivity index (χ3n) is 4.93. The van der Waals surface area contributed by atoms with E-state index in [4.69, 9.17) is 10.5 Å². The van der Waals surface area contributed by atoms with E-state index in [2.05, 4.69) is 9.89 Å². The summed E-state index contributed by atoms with van der Waals surface area (Å²) in [6.45, 7) is 3.04. The zero-order valence-corrected chi connectivity index (χ0v) is 12.7. The quantitative estimate of drug-likeness (QED) is 0.905. The smallest absolute Gasteiger partial charge is 0.129 e. The van der Waals surface area contributed by atoms with E-state index in [1.165, 1.54) is 17.2 Å². The van der Waals surface area contributed by atoms with Crippen LogP contribution in [-0.4, -0.2) is 49.4 Å². The maximum atomic E-state index is 13.9. The van der Waals surface area contributed by atoms with Crippen molar-refractivity contribution in [2.24, 2.45) is 10.7 Å². The lowest BCUT2D eigenvalue weighted by atomic mass is 9.93. The molecular weight excluding hydrogens is 300 g/mol. The minimum Gasteiger partial charge on any atom is -0.370 e. The molecule has 3 atom stereocenters. The van der Waals surface area contributed by atoms with E-state index in [0.29, 0.717) is 13.0 Å². The van der Waals surface area contributed by atoms with Crippen LogP contribution in [0.4, 0.5) is 8.78 Å². The zero-order valence-electron chi connectivity index (χ0n) is 12.7. The third kappa shape index (κ3) is 2.71.